The molecule has 2 aromatic carbocycles. The molecule has 7 heteroatoms. The number of rotatable bonds is 6. The number of carbonyl (C=O) groups is 2. The third kappa shape index (κ3) is 4.22. The number of primary amides is 1. The molecule has 2 amide bonds. The smallest absolute Gasteiger partial charge is 0.255 e. The molecule has 0 aliphatic heterocycles. The number of benzene rings is 2. The maximum absolute atomic E-state index is 13.8. The Morgan fingerprint density at radius 3 is 2.54 bits per heavy atom. The van der Waals surface area contributed by atoms with Gasteiger partial charge in [0.1, 0.15) is 5.82 Å². The van der Waals surface area contributed by atoms with Crippen LogP contribution in [0.5, 0.6) is 11.5 Å². The molecule has 3 N–H and O–H groups in total. The van der Waals surface area contributed by atoms with Gasteiger partial charge in [0.15, 0.2) is 18.1 Å². The number of anilines is 1. The lowest BCUT2D eigenvalue weighted by molar-refractivity contribution is -0.119. The predicted octanol–water partition coefficient (Wildman–Crippen LogP) is 2.26. The van der Waals surface area contributed by atoms with Crippen molar-refractivity contribution in [3.63, 3.8) is 0 Å². The van der Waals surface area contributed by atoms with Crippen LogP contribution in [0.1, 0.15) is 15.9 Å². The molecule has 0 heterocycles. The zero-order chi connectivity index (χ0) is 17.7. The number of methoxy groups -OCH3 is 1. The summed E-state index contributed by atoms with van der Waals surface area (Å²) in [6, 6.07) is 8.89. The minimum Gasteiger partial charge on any atom is -0.493 e. The fourth-order valence-electron chi connectivity index (χ4n) is 1.99. The number of aryl methyl sites for hydroxylation is 1. The van der Waals surface area contributed by atoms with Crippen molar-refractivity contribution in [2.24, 2.45) is 5.73 Å². The van der Waals surface area contributed by atoms with Crippen LogP contribution < -0.4 is 20.5 Å². The van der Waals surface area contributed by atoms with Crippen molar-refractivity contribution in [1.82, 2.24) is 0 Å². The molecule has 0 bridgehead atoms. The minimum atomic E-state index is -0.631. The van der Waals surface area contributed by atoms with Gasteiger partial charge in [-0.1, -0.05) is 6.07 Å². The fourth-order valence-corrected chi connectivity index (χ4v) is 1.99. The van der Waals surface area contributed by atoms with Gasteiger partial charge in [-0.25, -0.2) is 4.39 Å². The number of ether oxygens (including phenoxy) is 2. The van der Waals surface area contributed by atoms with E-state index in [9.17, 15) is 14.0 Å². The van der Waals surface area contributed by atoms with E-state index in [4.69, 9.17) is 15.2 Å². The molecule has 0 radical (unpaired) electrons. The summed E-state index contributed by atoms with van der Waals surface area (Å²) >= 11 is 0. The van der Waals surface area contributed by atoms with Crippen molar-refractivity contribution in [3.05, 3.63) is 53.3 Å². The third-order valence-electron chi connectivity index (χ3n) is 3.17. The first-order chi connectivity index (χ1) is 11.4. The largest absolute Gasteiger partial charge is 0.493 e. The van der Waals surface area contributed by atoms with Gasteiger partial charge in [0.2, 0.25) is 0 Å². The van der Waals surface area contributed by atoms with E-state index in [1.165, 1.54) is 37.4 Å². The molecular weight excluding hydrogens is 315 g/mol. The van der Waals surface area contributed by atoms with Crippen LogP contribution >= 0.6 is 0 Å². The van der Waals surface area contributed by atoms with Gasteiger partial charge >= 0.3 is 0 Å². The molecule has 0 aromatic heterocycles. The van der Waals surface area contributed by atoms with Gasteiger partial charge in [-0.2, -0.15) is 0 Å². The molecule has 6 nitrogen and oxygen atoms in total. The van der Waals surface area contributed by atoms with Gasteiger partial charge in [0.05, 0.1) is 12.8 Å². The van der Waals surface area contributed by atoms with Crippen molar-refractivity contribution >= 4 is 17.5 Å². The number of carbonyl (C=O) groups excluding carboxylic acids is 2. The number of halogens is 1. The fraction of sp³-hybridized carbons (Fsp3) is 0.176. The first-order valence-electron chi connectivity index (χ1n) is 7.07. The Hall–Kier alpha value is -3.09. The Balaban J connectivity index is 2.18. The highest BCUT2D eigenvalue weighted by Crippen LogP contribution is 2.28. The number of nitrogens with two attached hydrogens (primary N) is 1. The van der Waals surface area contributed by atoms with Crippen LogP contribution in [0.4, 0.5) is 10.1 Å². The van der Waals surface area contributed by atoms with Crippen molar-refractivity contribution < 1.29 is 23.5 Å². The molecule has 0 fully saturated rings. The number of nitrogens with one attached hydrogen (secondary N) is 1. The van der Waals surface area contributed by atoms with Gasteiger partial charge < -0.3 is 20.5 Å². The van der Waals surface area contributed by atoms with Crippen LogP contribution in [0.15, 0.2) is 36.4 Å². The van der Waals surface area contributed by atoms with Gasteiger partial charge in [0.25, 0.3) is 11.8 Å². The van der Waals surface area contributed by atoms with Gasteiger partial charge in [0, 0.05) is 5.56 Å². The van der Waals surface area contributed by atoms with Crippen molar-refractivity contribution in [2.45, 2.75) is 6.92 Å². The summed E-state index contributed by atoms with van der Waals surface area (Å²) in [6.07, 6.45) is 0. The van der Waals surface area contributed by atoms with Crippen LogP contribution in [-0.4, -0.2) is 25.5 Å². The molecule has 0 saturated carbocycles. The normalized spacial score (nSPS) is 10.1. The maximum atomic E-state index is 13.8. The molecule has 0 aliphatic carbocycles. The van der Waals surface area contributed by atoms with Gasteiger partial charge in [-0.3, -0.25) is 9.59 Å². The van der Waals surface area contributed by atoms with Gasteiger partial charge in [-0.05, 0) is 42.8 Å². The molecule has 2 rings (SSSR count). The number of hydrogen-bond donors (Lipinski definition) is 2. The quantitative estimate of drug-likeness (QED) is 0.849. The van der Waals surface area contributed by atoms with Crippen LogP contribution in [0.3, 0.4) is 0 Å². The Labute approximate surface area is 138 Å². The first-order valence-corrected chi connectivity index (χ1v) is 7.07. The molecule has 0 unspecified atom stereocenters. The summed E-state index contributed by atoms with van der Waals surface area (Å²) < 4.78 is 24.1. The summed E-state index contributed by atoms with van der Waals surface area (Å²) in [7, 11) is 1.40. The second-order valence-corrected chi connectivity index (χ2v) is 5.06. The summed E-state index contributed by atoms with van der Waals surface area (Å²) in [4.78, 5) is 23.0. The van der Waals surface area contributed by atoms with E-state index in [1.54, 1.807) is 13.0 Å². The van der Waals surface area contributed by atoms with Crippen molar-refractivity contribution in [2.75, 3.05) is 19.0 Å². The molecular formula is C17H17FN2O4. The van der Waals surface area contributed by atoms with Gasteiger partial charge in [-0.15, -0.1) is 0 Å². The zero-order valence-corrected chi connectivity index (χ0v) is 13.3. The van der Waals surface area contributed by atoms with Crippen molar-refractivity contribution in [3.8, 4) is 11.5 Å². The number of amides is 2. The lowest BCUT2D eigenvalue weighted by Gasteiger charge is -2.12. The second kappa shape index (κ2) is 7.45. The van der Waals surface area contributed by atoms with E-state index in [-0.39, 0.29) is 29.4 Å². The third-order valence-corrected chi connectivity index (χ3v) is 3.17. The Kier molecular flexibility index (Phi) is 5.36. The van der Waals surface area contributed by atoms with E-state index >= 15 is 0 Å². The van der Waals surface area contributed by atoms with Crippen molar-refractivity contribution in [1.29, 1.82) is 0 Å². The highest BCUT2D eigenvalue weighted by molar-refractivity contribution is 6.04. The lowest BCUT2D eigenvalue weighted by atomic mass is 10.1. The average molecular weight is 332 g/mol. The highest BCUT2D eigenvalue weighted by atomic mass is 19.1. The SMILES string of the molecule is COc1cc(C(=O)Nc2ccc(C)cc2F)ccc1OCC(N)=O. The summed E-state index contributed by atoms with van der Waals surface area (Å²) in [5, 5.41) is 2.49. The van der Waals surface area contributed by atoms with Crippen LogP contribution in [0.2, 0.25) is 0 Å². The van der Waals surface area contributed by atoms with E-state index in [1.807, 2.05) is 0 Å². The Morgan fingerprint density at radius 2 is 1.92 bits per heavy atom. The second-order valence-electron chi connectivity index (χ2n) is 5.06. The van der Waals surface area contributed by atoms with E-state index in [2.05, 4.69) is 5.32 Å². The monoisotopic (exact) mass is 332 g/mol. The summed E-state index contributed by atoms with van der Waals surface area (Å²) in [5.41, 5.74) is 6.10. The Bertz CT molecular complexity index is 777. The average Bonchev–Trinajstić information content (AvgIpc) is 2.55. The maximum Gasteiger partial charge on any atom is 0.255 e. The molecule has 0 atom stereocenters. The number of hydrogen-bond acceptors (Lipinski definition) is 4. The molecule has 0 saturated heterocycles. The van der Waals surface area contributed by atoms with E-state index < -0.39 is 17.6 Å². The first kappa shape index (κ1) is 17.3. The highest BCUT2D eigenvalue weighted by Gasteiger charge is 2.13. The van der Waals surface area contributed by atoms with E-state index in [0.717, 1.165) is 5.56 Å². The minimum absolute atomic E-state index is 0.0821. The standard InChI is InChI=1S/C17H17FN2O4/c1-10-3-5-13(12(18)7-10)20-17(22)11-4-6-14(15(8-11)23-2)24-9-16(19)21/h3-8H,9H2,1-2H3,(H2,19,21)(H,20,22). The van der Waals surface area contributed by atoms with E-state index in [0.29, 0.717) is 0 Å². The molecule has 0 spiro atoms. The predicted molar refractivity (Wildman–Crippen MR) is 86.8 cm³/mol. The summed E-state index contributed by atoms with van der Waals surface area (Å²) in [5.74, 6) is -1.12. The zero-order valence-electron chi connectivity index (χ0n) is 13.3. The molecule has 2 aromatic rings. The van der Waals surface area contributed by atoms with Crippen LogP contribution in [0.25, 0.3) is 0 Å². The topological polar surface area (TPSA) is 90.7 Å². The Morgan fingerprint density at radius 1 is 1.17 bits per heavy atom. The summed E-state index contributed by atoms with van der Waals surface area (Å²) in [6.45, 7) is 1.45. The molecule has 24 heavy (non-hydrogen) atoms. The lowest BCUT2D eigenvalue weighted by Crippen LogP contribution is -2.20. The van der Waals surface area contributed by atoms with Crippen LogP contribution in [0, 0.1) is 12.7 Å². The molecule has 0 aliphatic rings. The molecule has 126 valence electrons. The van der Waals surface area contributed by atoms with Crippen LogP contribution in [-0.2, 0) is 4.79 Å².